The van der Waals surface area contributed by atoms with Gasteiger partial charge in [0.15, 0.2) is 0 Å². The highest BCUT2D eigenvalue weighted by molar-refractivity contribution is 6.43. The maximum absolute atomic E-state index is 13.8. The summed E-state index contributed by atoms with van der Waals surface area (Å²) < 4.78 is 27.5. The second kappa shape index (κ2) is 8.44. The van der Waals surface area contributed by atoms with Crippen LogP contribution in [0.3, 0.4) is 0 Å². The van der Waals surface area contributed by atoms with Crippen molar-refractivity contribution in [1.82, 2.24) is 15.1 Å². The molecule has 2 saturated heterocycles. The summed E-state index contributed by atoms with van der Waals surface area (Å²) in [6.07, 6.45) is -0.0681. The minimum absolute atomic E-state index is 0.000715. The highest BCUT2D eigenvalue weighted by atomic mass is 19.3. The SMILES string of the molecule is CCc1cccc2c1CN(C(=O)C[C@@H]1C[C@@H](C(=O)N3CC(F)(F)C[C@H]3B(O)O)NC1=O)C2. The van der Waals surface area contributed by atoms with Gasteiger partial charge < -0.3 is 25.2 Å². The van der Waals surface area contributed by atoms with E-state index in [1.54, 1.807) is 4.90 Å². The average Bonchev–Trinajstić information content (AvgIpc) is 3.42. The number of amides is 3. The van der Waals surface area contributed by atoms with Gasteiger partial charge in [-0.1, -0.05) is 25.1 Å². The molecule has 172 valence electrons. The van der Waals surface area contributed by atoms with Gasteiger partial charge in [-0.3, -0.25) is 14.4 Å². The van der Waals surface area contributed by atoms with E-state index >= 15 is 0 Å². The van der Waals surface area contributed by atoms with Crippen molar-refractivity contribution in [2.45, 2.75) is 63.6 Å². The van der Waals surface area contributed by atoms with Crippen molar-refractivity contribution in [2.24, 2.45) is 5.92 Å². The molecule has 1 aromatic carbocycles. The van der Waals surface area contributed by atoms with E-state index in [0.29, 0.717) is 13.1 Å². The summed E-state index contributed by atoms with van der Waals surface area (Å²) in [5.41, 5.74) is 3.41. The van der Waals surface area contributed by atoms with Gasteiger partial charge in [0.05, 0.1) is 12.5 Å². The molecule has 4 rings (SSSR count). The van der Waals surface area contributed by atoms with Crippen LogP contribution in [0.4, 0.5) is 8.78 Å². The number of benzene rings is 1. The predicted octanol–water partition coefficient (Wildman–Crippen LogP) is 0.234. The minimum atomic E-state index is -3.23. The molecule has 0 aliphatic carbocycles. The van der Waals surface area contributed by atoms with Crippen LogP contribution in [0.2, 0.25) is 0 Å². The van der Waals surface area contributed by atoms with E-state index in [4.69, 9.17) is 0 Å². The summed E-state index contributed by atoms with van der Waals surface area (Å²) in [5.74, 6) is -6.88. The van der Waals surface area contributed by atoms with Gasteiger partial charge in [-0.2, -0.15) is 0 Å². The van der Waals surface area contributed by atoms with Crippen LogP contribution in [-0.2, 0) is 33.9 Å². The molecular weight excluding hydrogens is 423 g/mol. The molecule has 0 bridgehead atoms. The number of likely N-dealkylation sites (tertiary alicyclic amines) is 1. The molecule has 3 amide bonds. The Hall–Kier alpha value is -2.53. The molecule has 0 aromatic heterocycles. The third-order valence-corrected chi connectivity index (χ3v) is 6.68. The van der Waals surface area contributed by atoms with Crippen LogP contribution >= 0.6 is 0 Å². The summed E-state index contributed by atoms with van der Waals surface area (Å²) in [5, 5.41) is 21.3. The first-order valence-electron chi connectivity index (χ1n) is 10.8. The van der Waals surface area contributed by atoms with Crippen molar-refractivity contribution >= 4 is 24.8 Å². The minimum Gasteiger partial charge on any atom is -0.426 e. The Morgan fingerprint density at radius 1 is 1.28 bits per heavy atom. The average molecular weight is 449 g/mol. The monoisotopic (exact) mass is 449 g/mol. The summed E-state index contributed by atoms with van der Waals surface area (Å²) in [4.78, 5) is 40.5. The number of carbonyl (C=O) groups excluding carboxylic acids is 3. The number of aryl methyl sites for hydroxylation is 1. The van der Waals surface area contributed by atoms with Crippen LogP contribution in [-0.4, -0.2) is 69.1 Å². The zero-order valence-electron chi connectivity index (χ0n) is 17.8. The fraction of sp³-hybridized carbons (Fsp3) is 0.571. The van der Waals surface area contributed by atoms with Crippen molar-refractivity contribution in [3.8, 4) is 0 Å². The van der Waals surface area contributed by atoms with Gasteiger partial charge in [-0.15, -0.1) is 0 Å². The Balaban J connectivity index is 1.38. The molecule has 32 heavy (non-hydrogen) atoms. The van der Waals surface area contributed by atoms with E-state index in [2.05, 4.69) is 12.2 Å². The number of nitrogens with zero attached hydrogens (tertiary/aromatic N) is 2. The molecule has 3 aliphatic heterocycles. The number of fused-ring (bicyclic) bond motifs is 1. The van der Waals surface area contributed by atoms with E-state index < -0.39 is 55.7 Å². The van der Waals surface area contributed by atoms with Crippen molar-refractivity contribution in [2.75, 3.05) is 6.54 Å². The van der Waals surface area contributed by atoms with Crippen molar-refractivity contribution in [1.29, 1.82) is 0 Å². The highest BCUT2D eigenvalue weighted by Crippen LogP contribution is 2.34. The van der Waals surface area contributed by atoms with Gasteiger partial charge in [0.2, 0.25) is 17.7 Å². The molecule has 3 aliphatic rings. The second-order valence-corrected chi connectivity index (χ2v) is 8.86. The number of halogens is 2. The lowest BCUT2D eigenvalue weighted by Gasteiger charge is -2.26. The zero-order valence-corrected chi connectivity index (χ0v) is 17.8. The summed E-state index contributed by atoms with van der Waals surface area (Å²) >= 11 is 0. The van der Waals surface area contributed by atoms with E-state index in [1.165, 1.54) is 5.56 Å². The first kappa shape index (κ1) is 22.7. The maximum atomic E-state index is 13.8. The second-order valence-electron chi connectivity index (χ2n) is 8.86. The molecule has 0 unspecified atom stereocenters. The zero-order chi connectivity index (χ0) is 23.2. The largest absolute Gasteiger partial charge is 0.475 e. The first-order valence-corrected chi connectivity index (χ1v) is 10.8. The highest BCUT2D eigenvalue weighted by Gasteiger charge is 2.53. The van der Waals surface area contributed by atoms with Crippen LogP contribution in [0.1, 0.15) is 42.9 Å². The molecule has 2 fully saturated rings. The Labute approximate surface area is 184 Å². The number of hydrogen-bond donors (Lipinski definition) is 3. The van der Waals surface area contributed by atoms with E-state index in [9.17, 15) is 33.2 Å². The topological polar surface area (TPSA) is 110 Å². The number of rotatable bonds is 5. The van der Waals surface area contributed by atoms with Crippen molar-refractivity contribution in [3.05, 3.63) is 34.9 Å². The molecular formula is C21H26BF2N3O5. The van der Waals surface area contributed by atoms with Crippen molar-refractivity contribution in [3.63, 3.8) is 0 Å². The molecule has 3 N–H and O–H groups in total. The Bertz CT molecular complexity index is 944. The van der Waals surface area contributed by atoms with Crippen LogP contribution < -0.4 is 5.32 Å². The molecule has 0 spiro atoms. The van der Waals surface area contributed by atoms with Gasteiger partial charge in [-0.05, 0) is 29.5 Å². The normalized spacial score (nSPS) is 26.3. The number of alkyl halides is 2. The Morgan fingerprint density at radius 3 is 2.72 bits per heavy atom. The lowest BCUT2D eigenvalue weighted by Crippen LogP contribution is -2.51. The third kappa shape index (κ3) is 4.23. The van der Waals surface area contributed by atoms with E-state index in [0.717, 1.165) is 22.4 Å². The number of carbonyl (C=O) groups is 3. The summed E-state index contributed by atoms with van der Waals surface area (Å²) in [6.45, 7) is 2.07. The summed E-state index contributed by atoms with van der Waals surface area (Å²) in [7, 11) is -2.10. The standard InChI is InChI=1S/C21H26BF2N3O5/c1-2-12-4-3-5-13-9-26(10-15(12)13)18(28)7-14-6-16(25-19(14)29)20(30)27-11-21(23,24)8-17(27)22(31)32/h3-5,14,16-17,31-32H,2,6-11H2,1H3,(H,25,29)/t14-,16-,17-/m0/s1. The van der Waals surface area contributed by atoms with Gasteiger partial charge in [0.1, 0.15) is 6.04 Å². The fourth-order valence-electron chi connectivity index (χ4n) is 4.97. The van der Waals surface area contributed by atoms with Gasteiger partial charge in [-0.25, -0.2) is 8.78 Å². The Morgan fingerprint density at radius 2 is 2.03 bits per heavy atom. The van der Waals surface area contributed by atoms with E-state index in [1.807, 2.05) is 18.2 Å². The Kier molecular flexibility index (Phi) is 5.97. The molecule has 3 heterocycles. The fourth-order valence-corrected chi connectivity index (χ4v) is 4.97. The lowest BCUT2D eigenvalue weighted by molar-refractivity contribution is -0.135. The molecule has 8 nitrogen and oxygen atoms in total. The molecule has 1 aromatic rings. The van der Waals surface area contributed by atoms with Crippen LogP contribution in [0, 0.1) is 5.92 Å². The van der Waals surface area contributed by atoms with Crippen LogP contribution in [0.25, 0.3) is 0 Å². The van der Waals surface area contributed by atoms with Crippen molar-refractivity contribution < 1.29 is 33.2 Å². The van der Waals surface area contributed by atoms with Gasteiger partial charge >= 0.3 is 7.12 Å². The lowest BCUT2D eigenvalue weighted by atomic mass is 9.77. The van der Waals surface area contributed by atoms with Gasteiger partial charge in [0, 0.05) is 31.8 Å². The number of hydrogen-bond acceptors (Lipinski definition) is 5. The quantitative estimate of drug-likeness (QED) is 0.558. The first-order chi connectivity index (χ1) is 15.1. The van der Waals surface area contributed by atoms with Gasteiger partial charge in [0.25, 0.3) is 5.92 Å². The smallest absolute Gasteiger partial charge is 0.426 e. The summed E-state index contributed by atoms with van der Waals surface area (Å²) in [6, 6.07) is 4.91. The molecule has 0 radical (unpaired) electrons. The van der Waals surface area contributed by atoms with E-state index in [-0.39, 0.29) is 18.7 Å². The number of nitrogens with one attached hydrogen (secondary N) is 1. The van der Waals surface area contributed by atoms with Crippen LogP contribution in [0.15, 0.2) is 18.2 Å². The third-order valence-electron chi connectivity index (χ3n) is 6.68. The maximum Gasteiger partial charge on any atom is 0.475 e. The van der Waals surface area contributed by atoms with Crippen LogP contribution in [0.5, 0.6) is 0 Å². The molecule has 3 atom stereocenters. The molecule has 0 saturated carbocycles. The predicted molar refractivity (Wildman–Crippen MR) is 110 cm³/mol. The molecule has 11 heteroatoms.